The Bertz CT molecular complexity index is 1320. The van der Waals surface area contributed by atoms with E-state index in [1.165, 1.54) is 12.0 Å². The van der Waals surface area contributed by atoms with Crippen molar-refractivity contribution in [3.05, 3.63) is 52.5 Å². The van der Waals surface area contributed by atoms with Gasteiger partial charge >= 0.3 is 0 Å². The minimum absolute atomic E-state index is 0.00804. The van der Waals surface area contributed by atoms with Crippen molar-refractivity contribution >= 4 is 40.9 Å². The number of likely N-dealkylation sites (tertiary alicyclic amines) is 1. The molecule has 0 unspecified atom stereocenters. The van der Waals surface area contributed by atoms with E-state index in [2.05, 4.69) is 10.6 Å². The minimum Gasteiger partial charge on any atom is -0.493 e. The zero-order chi connectivity index (χ0) is 26.5. The van der Waals surface area contributed by atoms with E-state index in [-0.39, 0.29) is 25.3 Å². The number of halogens is 1. The van der Waals surface area contributed by atoms with E-state index < -0.39 is 41.1 Å². The van der Waals surface area contributed by atoms with Crippen molar-refractivity contribution in [2.24, 2.45) is 17.6 Å². The third kappa shape index (κ3) is 3.91. The molecular formula is C26H27ClN4O6. The highest BCUT2D eigenvalue weighted by Crippen LogP contribution is 2.53. The molecular weight excluding hydrogens is 500 g/mol. The number of nitrogens with zero attached hydrogens (tertiary/aromatic N) is 1. The summed E-state index contributed by atoms with van der Waals surface area (Å²) in [6.07, 6.45) is 0.607. The number of fused-ring (bicyclic) bond motifs is 4. The maximum Gasteiger partial charge on any atom is 0.250 e. The number of hydrogen-bond donors (Lipinski definition) is 3. The van der Waals surface area contributed by atoms with E-state index in [4.69, 9.17) is 26.8 Å². The Morgan fingerprint density at radius 3 is 2.54 bits per heavy atom. The number of nitrogens with one attached hydrogen (secondary N) is 2. The highest BCUT2D eigenvalue weighted by Gasteiger charge is 2.70. The van der Waals surface area contributed by atoms with Gasteiger partial charge in [-0.25, -0.2) is 0 Å². The van der Waals surface area contributed by atoms with Gasteiger partial charge in [-0.3, -0.25) is 29.4 Å². The molecule has 4 N–H and O–H groups in total. The summed E-state index contributed by atoms with van der Waals surface area (Å²) in [7, 11) is 3.08. The van der Waals surface area contributed by atoms with Crippen LogP contribution >= 0.6 is 11.6 Å². The van der Waals surface area contributed by atoms with E-state index in [1.807, 2.05) is 6.07 Å². The molecule has 2 aromatic rings. The lowest BCUT2D eigenvalue weighted by Crippen LogP contribution is -2.53. The molecule has 3 aliphatic rings. The predicted octanol–water partition coefficient (Wildman–Crippen LogP) is 1.59. The van der Waals surface area contributed by atoms with Gasteiger partial charge in [-0.1, -0.05) is 17.7 Å². The maximum absolute atomic E-state index is 13.8. The number of nitrogens with two attached hydrogens (primary N) is 1. The van der Waals surface area contributed by atoms with Crippen LogP contribution in [0.2, 0.25) is 5.02 Å². The Morgan fingerprint density at radius 2 is 1.84 bits per heavy atom. The van der Waals surface area contributed by atoms with E-state index in [0.717, 1.165) is 5.56 Å². The number of carbonyl (C=O) groups excluding carboxylic acids is 4. The summed E-state index contributed by atoms with van der Waals surface area (Å²) in [5.74, 6) is -2.46. The zero-order valence-corrected chi connectivity index (χ0v) is 21.1. The zero-order valence-electron chi connectivity index (χ0n) is 20.4. The summed E-state index contributed by atoms with van der Waals surface area (Å²) in [6, 6.07) is 9.76. The van der Waals surface area contributed by atoms with Crippen molar-refractivity contribution in [1.82, 2.24) is 10.2 Å². The van der Waals surface area contributed by atoms with Crippen molar-refractivity contribution in [2.45, 2.75) is 30.8 Å². The average molecular weight is 527 g/mol. The molecule has 0 saturated carbocycles. The first-order chi connectivity index (χ1) is 17.7. The Balaban J connectivity index is 1.48. The number of hydrogen-bond acceptors (Lipinski definition) is 7. The Morgan fingerprint density at radius 1 is 1.08 bits per heavy atom. The van der Waals surface area contributed by atoms with Gasteiger partial charge in [0.1, 0.15) is 5.54 Å². The molecule has 0 bridgehead atoms. The number of ether oxygens (including phenoxy) is 2. The third-order valence-electron chi connectivity index (χ3n) is 7.54. The van der Waals surface area contributed by atoms with Gasteiger partial charge < -0.3 is 20.5 Å². The predicted molar refractivity (Wildman–Crippen MR) is 134 cm³/mol. The van der Waals surface area contributed by atoms with Crippen LogP contribution in [0.1, 0.15) is 24.0 Å². The van der Waals surface area contributed by atoms with Crippen LogP contribution in [0.15, 0.2) is 36.4 Å². The number of anilines is 1. The first-order valence-corrected chi connectivity index (χ1v) is 12.3. The maximum atomic E-state index is 13.8. The molecule has 0 aromatic heterocycles. The van der Waals surface area contributed by atoms with Crippen LogP contribution < -0.4 is 25.8 Å². The molecule has 10 nitrogen and oxygen atoms in total. The molecule has 2 aromatic carbocycles. The van der Waals surface area contributed by atoms with Gasteiger partial charge in [-0.2, -0.15) is 0 Å². The fourth-order valence-corrected chi connectivity index (χ4v) is 6.05. The molecule has 2 fully saturated rings. The lowest BCUT2D eigenvalue weighted by molar-refractivity contribution is -0.142. The Hall–Kier alpha value is -3.63. The van der Waals surface area contributed by atoms with Gasteiger partial charge in [0, 0.05) is 35.3 Å². The fourth-order valence-electron chi connectivity index (χ4n) is 5.88. The Labute approximate surface area is 218 Å². The van der Waals surface area contributed by atoms with Gasteiger partial charge in [-0.15, -0.1) is 0 Å². The van der Waals surface area contributed by atoms with E-state index in [0.29, 0.717) is 34.2 Å². The summed E-state index contributed by atoms with van der Waals surface area (Å²) in [5.41, 5.74) is 5.80. The van der Waals surface area contributed by atoms with Crippen molar-refractivity contribution in [3.8, 4) is 11.5 Å². The highest BCUT2D eigenvalue weighted by molar-refractivity contribution is 6.31. The lowest BCUT2D eigenvalue weighted by Gasteiger charge is -2.29. The third-order valence-corrected chi connectivity index (χ3v) is 7.78. The fraction of sp³-hybridized carbons (Fsp3) is 0.385. The molecule has 2 saturated heterocycles. The van der Waals surface area contributed by atoms with Gasteiger partial charge in [0.05, 0.1) is 26.1 Å². The second kappa shape index (κ2) is 9.35. The molecule has 4 atom stereocenters. The van der Waals surface area contributed by atoms with Crippen molar-refractivity contribution in [3.63, 3.8) is 0 Å². The van der Waals surface area contributed by atoms with Gasteiger partial charge in [-0.05, 0) is 48.7 Å². The van der Waals surface area contributed by atoms with Crippen LogP contribution in [0.3, 0.4) is 0 Å². The number of benzene rings is 2. The standard InChI is InChI=1S/C26H27ClN4O6/c1-36-18-7-3-13(11-19(18)37-2)9-10-31-23(33)21-17(6-8-20(28)32)30-26(22(21)24(31)34)15-12-14(27)4-5-16(15)29-25(26)35/h3-5,7,11-12,17,21-22,30H,6,8-10H2,1-2H3,(H2,28,32)(H,29,35)/t17-,21+,22+,26+/m1/s1. The molecule has 5 rings (SSSR count). The molecule has 0 aliphatic carbocycles. The smallest absolute Gasteiger partial charge is 0.250 e. The van der Waals surface area contributed by atoms with Crippen LogP contribution in [0.25, 0.3) is 0 Å². The summed E-state index contributed by atoms with van der Waals surface area (Å²) in [6.45, 7) is 0.128. The summed E-state index contributed by atoms with van der Waals surface area (Å²) >= 11 is 6.26. The monoisotopic (exact) mass is 526 g/mol. The summed E-state index contributed by atoms with van der Waals surface area (Å²) in [5, 5.41) is 6.49. The SMILES string of the molecule is COc1ccc(CCN2C(=O)[C@@H]3[C@@H](C2=O)[C@]2(N[C@@H]3CCC(N)=O)C(=O)Nc3ccc(Cl)cc32)cc1OC. The van der Waals surface area contributed by atoms with Gasteiger partial charge in [0.2, 0.25) is 23.6 Å². The normalized spacial score (nSPS) is 25.9. The molecule has 0 radical (unpaired) electrons. The molecule has 194 valence electrons. The molecule has 3 heterocycles. The van der Waals surface area contributed by atoms with Gasteiger partial charge in [0.25, 0.3) is 0 Å². The Kier molecular flexibility index (Phi) is 6.33. The molecule has 37 heavy (non-hydrogen) atoms. The van der Waals surface area contributed by atoms with Crippen LogP contribution in [-0.2, 0) is 31.1 Å². The second-order valence-electron chi connectivity index (χ2n) is 9.48. The van der Waals surface area contributed by atoms with Crippen LogP contribution in [-0.4, -0.2) is 55.3 Å². The number of amides is 4. The van der Waals surface area contributed by atoms with E-state index in [1.54, 1.807) is 37.4 Å². The highest BCUT2D eigenvalue weighted by atomic mass is 35.5. The minimum atomic E-state index is -1.47. The average Bonchev–Trinajstić information content (AvgIpc) is 3.45. The van der Waals surface area contributed by atoms with Crippen LogP contribution in [0, 0.1) is 11.8 Å². The number of imide groups is 1. The second-order valence-corrected chi connectivity index (χ2v) is 9.92. The largest absolute Gasteiger partial charge is 0.493 e. The molecule has 3 aliphatic heterocycles. The van der Waals surface area contributed by atoms with Gasteiger partial charge in [0.15, 0.2) is 11.5 Å². The number of carbonyl (C=O) groups is 4. The lowest BCUT2D eigenvalue weighted by atomic mass is 9.76. The quantitative estimate of drug-likeness (QED) is 0.444. The first-order valence-electron chi connectivity index (χ1n) is 11.9. The van der Waals surface area contributed by atoms with E-state index in [9.17, 15) is 19.2 Å². The number of rotatable bonds is 8. The molecule has 11 heteroatoms. The number of primary amides is 1. The summed E-state index contributed by atoms with van der Waals surface area (Å²) < 4.78 is 10.6. The number of methoxy groups -OCH3 is 2. The van der Waals surface area contributed by atoms with Crippen LogP contribution in [0.5, 0.6) is 11.5 Å². The van der Waals surface area contributed by atoms with Crippen molar-refractivity contribution in [2.75, 3.05) is 26.1 Å². The van der Waals surface area contributed by atoms with E-state index >= 15 is 0 Å². The molecule has 1 spiro atoms. The molecule has 4 amide bonds. The first kappa shape index (κ1) is 25.0. The van der Waals surface area contributed by atoms with Crippen molar-refractivity contribution in [1.29, 1.82) is 0 Å². The van der Waals surface area contributed by atoms with Crippen molar-refractivity contribution < 1.29 is 28.7 Å². The summed E-state index contributed by atoms with van der Waals surface area (Å²) in [4.78, 5) is 53.7. The van der Waals surface area contributed by atoms with Crippen LogP contribution in [0.4, 0.5) is 5.69 Å². The topological polar surface area (TPSA) is 140 Å².